The fourth-order valence-electron chi connectivity index (χ4n) is 2.54. The van der Waals surface area contributed by atoms with Crippen molar-refractivity contribution in [2.45, 2.75) is 13.3 Å². The van der Waals surface area contributed by atoms with E-state index in [0.29, 0.717) is 29.6 Å². The quantitative estimate of drug-likeness (QED) is 0.605. The molecule has 4 rings (SSSR count). The molecule has 0 saturated carbocycles. The van der Waals surface area contributed by atoms with Crippen LogP contribution in [-0.2, 0) is 6.42 Å². The number of aromatic amines is 1. The van der Waals surface area contributed by atoms with Crippen molar-refractivity contribution in [3.63, 3.8) is 0 Å². The lowest BCUT2D eigenvalue weighted by Crippen LogP contribution is -1.95. The Labute approximate surface area is 132 Å². The monoisotopic (exact) mass is 305 g/mol. The number of aromatic nitrogens is 4. The van der Waals surface area contributed by atoms with Gasteiger partial charge >= 0.3 is 0 Å². The van der Waals surface area contributed by atoms with Crippen LogP contribution in [0.5, 0.6) is 0 Å². The first-order valence-electron chi connectivity index (χ1n) is 7.40. The normalized spacial score (nSPS) is 11.2. The molecule has 0 fully saturated rings. The highest BCUT2D eigenvalue weighted by Gasteiger charge is 2.13. The van der Waals surface area contributed by atoms with Crippen molar-refractivity contribution >= 4 is 16.7 Å². The molecule has 3 N–H and O–H groups in total. The van der Waals surface area contributed by atoms with Gasteiger partial charge in [-0.1, -0.05) is 13.0 Å². The van der Waals surface area contributed by atoms with Crippen molar-refractivity contribution < 1.29 is 4.42 Å². The largest absolute Gasteiger partial charge is 0.421 e. The molecule has 114 valence electrons. The highest BCUT2D eigenvalue weighted by Crippen LogP contribution is 2.30. The molecule has 0 spiro atoms. The van der Waals surface area contributed by atoms with E-state index in [9.17, 15) is 0 Å². The minimum absolute atomic E-state index is 0.378. The molecule has 0 unspecified atom stereocenters. The molecule has 3 aromatic heterocycles. The Morgan fingerprint density at radius 3 is 2.87 bits per heavy atom. The summed E-state index contributed by atoms with van der Waals surface area (Å²) >= 11 is 0. The van der Waals surface area contributed by atoms with E-state index in [2.05, 4.69) is 26.2 Å². The minimum Gasteiger partial charge on any atom is -0.421 e. The average molecular weight is 305 g/mol. The van der Waals surface area contributed by atoms with Crippen molar-refractivity contribution in [2.75, 3.05) is 5.73 Å². The molecule has 0 radical (unpaired) electrons. The summed E-state index contributed by atoms with van der Waals surface area (Å²) in [6.07, 6.45) is 4.36. The molecule has 0 aliphatic rings. The van der Waals surface area contributed by atoms with Gasteiger partial charge in [-0.05, 0) is 35.2 Å². The number of pyridine rings is 1. The number of nitrogens with zero attached hydrogens (tertiary/aromatic N) is 3. The molecule has 23 heavy (non-hydrogen) atoms. The van der Waals surface area contributed by atoms with Gasteiger partial charge in [0, 0.05) is 29.9 Å². The Morgan fingerprint density at radius 1 is 1.13 bits per heavy atom. The zero-order valence-corrected chi connectivity index (χ0v) is 12.6. The summed E-state index contributed by atoms with van der Waals surface area (Å²) in [6, 6.07) is 10.2. The first-order valence-corrected chi connectivity index (χ1v) is 7.40. The maximum atomic E-state index is 5.98. The number of hydrogen-bond donors (Lipinski definition) is 2. The lowest BCUT2D eigenvalue weighted by Gasteiger charge is -2.06. The van der Waals surface area contributed by atoms with E-state index in [0.717, 1.165) is 22.0 Å². The van der Waals surface area contributed by atoms with Gasteiger partial charge in [-0.3, -0.25) is 0 Å². The van der Waals surface area contributed by atoms with E-state index in [1.54, 1.807) is 6.20 Å². The van der Waals surface area contributed by atoms with E-state index in [4.69, 9.17) is 10.2 Å². The molecule has 6 nitrogen and oxygen atoms in total. The van der Waals surface area contributed by atoms with Gasteiger partial charge in [0.05, 0.1) is 5.56 Å². The maximum Gasteiger partial charge on any atom is 0.251 e. The Kier molecular flexibility index (Phi) is 3.08. The van der Waals surface area contributed by atoms with Gasteiger partial charge in [-0.15, -0.1) is 10.2 Å². The molecule has 4 aromatic rings. The summed E-state index contributed by atoms with van der Waals surface area (Å²) in [5.41, 5.74) is 9.74. The third-order valence-electron chi connectivity index (χ3n) is 3.80. The summed E-state index contributed by atoms with van der Waals surface area (Å²) in [6.45, 7) is 1.96. The minimum atomic E-state index is 0.378. The number of hydrogen-bond acceptors (Lipinski definition) is 5. The molecule has 0 amide bonds. The van der Waals surface area contributed by atoms with Gasteiger partial charge in [-0.2, -0.15) is 0 Å². The van der Waals surface area contributed by atoms with Crippen LogP contribution in [0.4, 0.5) is 5.82 Å². The van der Waals surface area contributed by atoms with Crippen molar-refractivity contribution in [2.24, 2.45) is 0 Å². The summed E-state index contributed by atoms with van der Waals surface area (Å²) < 4.78 is 5.60. The summed E-state index contributed by atoms with van der Waals surface area (Å²) in [5.74, 6) is 1.36. The average Bonchev–Trinajstić information content (AvgIpc) is 3.23. The van der Waals surface area contributed by atoms with E-state index >= 15 is 0 Å². The van der Waals surface area contributed by atoms with Crippen molar-refractivity contribution in [1.82, 2.24) is 20.2 Å². The lowest BCUT2D eigenvalue weighted by molar-refractivity contribution is 0.513. The number of nitrogens with one attached hydrogen (secondary N) is 1. The number of anilines is 1. The van der Waals surface area contributed by atoms with Crippen LogP contribution in [0.3, 0.4) is 0 Å². The van der Waals surface area contributed by atoms with Gasteiger partial charge in [-0.25, -0.2) is 4.98 Å². The lowest BCUT2D eigenvalue weighted by atomic mass is 10.0. The smallest absolute Gasteiger partial charge is 0.251 e. The number of nitrogens with two attached hydrogens (primary N) is 1. The van der Waals surface area contributed by atoms with Gasteiger partial charge in [0.25, 0.3) is 5.89 Å². The number of benzene rings is 1. The second-order valence-corrected chi connectivity index (χ2v) is 5.29. The van der Waals surface area contributed by atoms with E-state index < -0.39 is 0 Å². The highest BCUT2D eigenvalue weighted by atomic mass is 16.4. The zero-order valence-electron chi connectivity index (χ0n) is 12.6. The first kappa shape index (κ1) is 13.5. The fourth-order valence-corrected chi connectivity index (χ4v) is 2.54. The number of H-pyrrole nitrogens is 1. The van der Waals surface area contributed by atoms with Crippen LogP contribution in [0.1, 0.15) is 12.8 Å². The van der Waals surface area contributed by atoms with Crippen LogP contribution < -0.4 is 5.73 Å². The molecule has 0 aliphatic carbocycles. The van der Waals surface area contributed by atoms with E-state index in [-0.39, 0.29) is 0 Å². The van der Waals surface area contributed by atoms with Crippen LogP contribution in [0.2, 0.25) is 0 Å². The van der Waals surface area contributed by atoms with Crippen molar-refractivity contribution in [3.8, 4) is 22.6 Å². The Bertz CT molecular complexity index is 985. The van der Waals surface area contributed by atoms with Crippen LogP contribution in [0.15, 0.2) is 47.1 Å². The summed E-state index contributed by atoms with van der Waals surface area (Å²) in [5, 5.41) is 9.18. The molecule has 0 bridgehead atoms. The molecule has 0 aliphatic heterocycles. The van der Waals surface area contributed by atoms with Crippen LogP contribution in [-0.4, -0.2) is 20.2 Å². The summed E-state index contributed by atoms with van der Waals surface area (Å²) in [7, 11) is 0. The van der Waals surface area contributed by atoms with Gasteiger partial charge in [0.1, 0.15) is 5.82 Å². The fraction of sp³-hybridized carbons (Fsp3) is 0.118. The second kappa shape index (κ2) is 5.24. The molecule has 1 aromatic carbocycles. The topological polar surface area (TPSA) is 93.6 Å². The first-order chi connectivity index (χ1) is 11.2. The molecular weight excluding hydrogens is 290 g/mol. The summed E-state index contributed by atoms with van der Waals surface area (Å²) in [4.78, 5) is 7.46. The predicted molar refractivity (Wildman–Crippen MR) is 88.6 cm³/mol. The van der Waals surface area contributed by atoms with E-state index in [1.807, 2.05) is 37.4 Å². The third kappa shape index (κ3) is 2.34. The van der Waals surface area contributed by atoms with Gasteiger partial charge in [0.15, 0.2) is 0 Å². The van der Waals surface area contributed by atoms with E-state index in [1.165, 1.54) is 0 Å². The number of fused-ring (bicyclic) bond motifs is 1. The number of rotatable bonds is 3. The van der Waals surface area contributed by atoms with Gasteiger partial charge < -0.3 is 15.1 Å². The molecule has 6 heteroatoms. The SMILES string of the molecule is CCc1nnc(-c2cc(-c3ccc4[nH]ccc4c3)cnc2N)o1. The molecule has 0 saturated heterocycles. The number of nitrogen functional groups attached to an aromatic ring is 1. The molecule has 3 heterocycles. The molecule has 0 atom stereocenters. The van der Waals surface area contributed by atoms with Crippen LogP contribution in [0, 0.1) is 0 Å². The Morgan fingerprint density at radius 2 is 2.04 bits per heavy atom. The Hall–Kier alpha value is -3.15. The second-order valence-electron chi connectivity index (χ2n) is 5.29. The maximum absolute atomic E-state index is 5.98. The van der Waals surface area contributed by atoms with Crippen LogP contribution in [0.25, 0.3) is 33.5 Å². The van der Waals surface area contributed by atoms with Gasteiger partial charge in [0.2, 0.25) is 5.89 Å². The van der Waals surface area contributed by atoms with Crippen LogP contribution >= 0.6 is 0 Å². The predicted octanol–water partition coefficient (Wildman–Crippen LogP) is 3.42. The third-order valence-corrected chi connectivity index (χ3v) is 3.80. The highest BCUT2D eigenvalue weighted by molar-refractivity contribution is 5.86. The number of aryl methyl sites for hydroxylation is 1. The zero-order chi connectivity index (χ0) is 15.8. The standard InChI is InChI=1S/C17H15N5O/c1-2-15-21-22-17(23-15)13-8-12(9-20-16(13)18)10-3-4-14-11(7-10)5-6-19-14/h3-9,19H,2H2,1H3,(H2,18,20). The van der Waals surface area contributed by atoms with Crippen molar-refractivity contribution in [3.05, 3.63) is 48.6 Å². The Balaban J connectivity index is 1.81. The molecular formula is C17H15N5O. The van der Waals surface area contributed by atoms with Crippen molar-refractivity contribution in [1.29, 1.82) is 0 Å².